The summed E-state index contributed by atoms with van der Waals surface area (Å²) in [6.45, 7) is 13.4. The van der Waals surface area contributed by atoms with Crippen molar-refractivity contribution in [3.8, 4) is 0 Å². The van der Waals surface area contributed by atoms with E-state index in [-0.39, 0.29) is 35.2 Å². The molecular formula is C20H46FN3O5. The summed E-state index contributed by atoms with van der Waals surface area (Å²) in [5, 5.41) is 8.42. The Labute approximate surface area is 179 Å². The van der Waals surface area contributed by atoms with Crippen LogP contribution in [0.4, 0.5) is 4.39 Å². The van der Waals surface area contributed by atoms with Crippen molar-refractivity contribution in [2.45, 2.75) is 59.4 Å². The number of carbonyl (C=O) groups is 2. The first kappa shape index (κ1) is 27.7. The molecule has 0 heterocycles. The number of rotatable bonds is 17. The first-order valence-electron chi connectivity index (χ1n) is 10.3. The third-order valence-electron chi connectivity index (χ3n) is 4.05. The zero-order valence-electron chi connectivity index (χ0n) is 18.8. The van der Waals surface area contributed by atoms with Gasteiger partial charge in [-0.05, 0) is 13.8 Å². The third-order valence-corrected chi connectivity index (χ3v) is 4.05. The van der Waals surface area contributed by atoms with Crippen molar-refractivity contribution in [3.63, 3.8) is 0 Å². The number of alkyl halides is 1. The molecule has 8 nitrogen and oxygen atoms in total. The van der Waals surface area contributed by atoms with Gasteiger partial charge in [-0.3, -0.25) is 9.59 Å². The van der Waals surface area contributed by atoms with E-state index in [1.165, 1.54) is 0 Å². The number of nitrogens with one attached hydrogen (secondary N) is 3. The second kappa shape index (κ2) is 15.5. The minimum atomic E-state index is -1.43. The lowest BCUT2D eigenvalue weighted by molar-refractivity contribution is -0.137. The Kier molecular flexibility index (Phi) is 14.8. The van der Waals surface area contributed by atoms with Crippen LogP contribution in [-0.2, 0) is 23.8 Å². The maximum atomic E-state index is 14.3. The van der Waals surface area contributed by atoms with Crippen LogP contribution in [0.2, 0.25) is 0 Å². The highest BCUT2D eigenvalue weighted by atomic mass is 19.1. The van der Waals surface area contributed by atoms with E-state index >= 15 is 0 Å². The zero-order chi connectivity index (χ0) is 22.3. The molecule has 0 saturated heterocycles. The minimum Gasteiger partial charge on any atom is -0.378 e. The van der Waals surface area contributed by atoms with Gasteiger partial charge in [0, 0.05) is 29.3 Å². The Morgan fingerprint density at radius 1 is 0.966 bits per heavy atom. The molecule has 3 N–H and O–H groups in total. The van der Waals surface area contributed by atoms with Gasteiger partial charge in [0.25, 0.3) is 0 Å². The number of hydrogen-bond donors (Lipinski definition) is 3. The van der Waals surface area contributed by atoms with Crippen LogP contribution in [0.5, 0.6) is 0 Å². The molecule has 1 atom stereocenters. The summed E-state index contributed by atoms with van der Waals surface area (Å²) in [5.41, 5.74) is -1.19. The minimum absolute atomic E-state index is 0. The Bertz CT molecular complexity index is 476. The van der Waals surface area contributed by atoms with Gasteiger partial charge in [0.15, 0.2) is 0 Å². The van der Waals surface area contributed by atoms with Gasteiger partial charge in [0.1, 0.15) is 12.8 Å². The molecule has 0 fully saturated rings. The number of carbonyl (C=O) groups excluding carboxylic acids is 2. The second-order valence-corrected chi connectivity index (χ2v) is 7.94. The van der Waals surface area contributed by atoms with Gasteiger partial charge < -0.3 is 30.2 Å². The Morgan fingerprint density at radius 2 is 1.55 bits per heavy atom. The molecule has 0 rings (SSSR count). The van der Waals surface area contributed by atoms with Crippen molar-refractivity contribution >= 4 is 11.8 Å². The Hall–Kier alpha value is -1.29. The van der Waals surface area contributed by atoms with Gasteiger partial charge in [0.05, 0.1) is 38.6 Å². The maximum Gasteiger partial charge on any atom is 0.246 e. The van der Waals surface area contributed by atoms with Crippen molar-refractivity contribution in [1.82, 2.24) is 16.0 Å². The second-order valence-electron chi connectivity index (χ2n) is 7.94. The predicted molar refractivity (Wildman–Crippen MR) is 117 cm³/mol. The summed E-state index contributed by atoms with van der Waals surface area (Å²) in [4.78, 5) is 23.3. The largest absolute Gasteiger partial charge is 0.378 e. The number of hydrogen-bond acceptors (Lipinski definition) is 6. The van der Waals surface area contributed by atoms with E-state index in [2.05, 4.69) is 29.8 Å². The van der Waals surface area contributed by atoms with E-state index in [9.17, 15) is 14.0 Å². The van der Waals surface area contributed by atoms with Crippen molar-refractivity contribution in [1.29, 1.82) is 0 Å². The molecular weight excluding hydrogens is 381 g/mol. The molecule has 0 aromatic heterocycles. The molecule has 2 amide bonds. The van der Waals surface area contributed by atoms with E-state index in [0.29, 0.717) is 39.0 Å². The lowest BCUT2D eigenvalue weighted by Gasteiger charge is -2.29. The maximum absolute atomic E-state index is 14.3. The van der Waals surface area contributed by atoms with Crippen LogP contribution in [-0.4, -0.2) is 82.3 Å². The van der Waals surface area contributed by atoms with Gasteiger partial charge in [-0.15, -0.1) is 0 Å². The van der Waals surface area contributed by atoms with E-state index < -0.39 is 11.8 Å². The van der Waals surface area contributed by atoms with Crippen LogP contribution < -0.4 is 16.0 Å². The van der Waals surface area contributed by atoms with E-state index in [4.69, 9.17) is 14.2 Å². The molecule has 0 aliphatic heterocycles. The summed E-state index contributed by atoms with van der Waals surface area (Å²) < 4.78 is 30.4. The standard InChI is InChI=1S/C20H40FN3O5.3H2/c1-15(2)19(26)24-13-17(21)20(5,6)29-14-18(25)23-8-10-28-12-11-27-9-7-22-16(3)4;;;/h15-17,22H,7-14H2,1-6H3,(H,23,25)(H,24,26);3*1H. The summed E-state index contributed by atoms with van der Waals surface area (Å²) in [6.07, 6.45) is -1.43. The first-order valence-corrected chi connectivity index (χ1v) is 10.3. The van der Waals surface area contributed by atoms with Crippen LogP contribution >= 0.6 is 0 Å². The molecule has 178 valence electrons. The fourth-order valence-electron chi connectivity index (χ4n) is 2.04. The quantitative estimate of drug-likeness (QED) is 0.306. The highest BCUT2D eigenvalue weighted by molar-refractivity contribution is 5.78. The average Bonchev–Trinajstić information content (AvgIpc) is 2.65. The van der Waals surface area contributed by atoms with Crippen molar-refractivity contribution in [3.05, 3.63) is 0 Å². The molecule has 0 radical (unpaired) electrons. The molecule has 0 aliphatic carbocycles. The number of halogens is 1. The highest BCUT2D eigenvalue weighted by Gasteiger charge is 2.31. The van der Waals surface area contributed by atoms with Gasteiger partial charge in [0.2, 0.25) is 11.8 Å². The van der Waals surface area contributed by atoms with Gasteiger partial charge in [-0.1, -0.05) is 27.7 Å². The predicted octanol–water partition coefficient (Wildman–Crippen LogP) is 1.78. The first-order chi connectivity index (χ1) is 13.6. The van der Waals surface area contributed by atoms with Crippen LogP contribution in [0, 0.1) is 5.92 Å². The highest BCUT2D eigenvalue weighted by Crippen LogP contribution is 2.17. The molecule has 0 bridgehead atoms. The van der Waals surface area contributed by atoms with Crippen molar-refractivity contribution in [2.24, 2.45) is 5.92 Å². The molecule has 1 unspecified atom stereocenters. The molecule has 0 aromatic rings. The fourth-order valence-corrected chi connectivity index (χ4v) is 2.04. The van der Waals surface area contributed by atoms with E-state index in [1.807, 2.05) is 0 Å². The number of amides is 2. The Morgan fingerprint density at radius 3 is 2.10 bits per heavy atom. The molecule has 0 spiro atoms. The lowest BCUT2D eigenvalue weighted by atomic mass is 10.0. The summed E-state index contributed by atoms with van der Waals surface area (Å²) in [6, 6.07) is 0.439. The van der Waals surface area contributed by atoms with Gasteiger partial charge in [-0.25, -0.2) is 4.39 Å². The van der Waals surface area contributed by atoms with Gasteiger partial charge in [-0.2, -0.15) is 0 Å². The molecule has 29 heavy (non-hydrogen) atoms. The average molecular weight is 428 g/mol. The Balaban J connectivity index is -0.00000131. The topological polar surface area (TPSA) is 97.9 Å². The van der Waals surface area contributed by atoms with Crippen LogP contribution in [0.1, 0.15) is 45.8 Å². The summed E-state index contributed by atoms with van der Waals surface area (Å²) >= 11 is 0. The van der Waals surface area contributed by atoms with Crippen LogP contribution in [0.3, 0.4) is 0 Å². The smallest absolute Gasteiger partial charge is 0.246 e. The number of ether oxygens (including phenoxy) is 3. The summed E-state index contributed by atoms with van der Waals surface area (Å²) in [5.74, 6) is -0.789. The monoisotopic (exact) mass is 427 g/mol. The molecule has 0 aromatic carbocycles. The lowest BCUT2D eigenvalue weighted by Crippen LogP contribution is -2.46. The molecule has 0 aliphatic rings. The zero-order valence-corrected chi connectivity index (χ0v) is 18.8. The van der Waals surface area contributed by atoms with Gasteiger partial charge >= 0.3 is 0 Å². The SMILES string of the molecule is CC(C)NCCOCCOCCNC(=O)COC(C)(C)C(F)CNC(=O)C(C)C.[HH].[HH].[HH]. The fraction of sp³-hybridized carbons (Fsp3) is 0.900. The summed E-state index contributed by atoms with van der Waals surface area (Å²) in [7, 11) is 0. The normalized spacial score (nSPS) is 13.0. The van der Waals surface area contributed by atoms with E-state index in [0.717, 1.165) is 6.54 Å². The van der Waals surface area contributed by atoms with Crippen molar-refractivity contribution < 1.29 is 32.5 Å². The van der Waals surface area contributed by atoms with Crippen LogP contribution in [0.15, 0.2) is 0 Å². The van der Waals surface area contributed by atoms with Crippen molar-refractivity contribution in [2.75, 3.05) is 52.7 Å². The van der Waals surface area contributed by atoms with Crippen LogP contribution in [0.25, 0.3) is 0 Å². The van der Waals surface area contributed by atoms with E-state index in [1.54, 1.807) is 27.7 Å². The molecule has 0 saturated carbocycles. The molecule has 9 heteroatoms. The third kappa shape index (κ3) is 15.2.